The molecule has 0 unspecified atom stereocenters. The number of aromatic amines is 1. The topological polar surface area (TPSA) is 84.1 Å². The van der Waals surface area contributed by atoms with Crippen LogP contribution in [-0.4, -0.2) is 28.5 Å². The minimum atomic E-state index is -0.550. The van der Waals surface area contributed by atoms with Crippen LogP contribution in [0.2, 0.25) is 0 Å². The van der Waals surface area contributed by atoms with Crippen LogP contribution in [0.4, 0.5) is 5.69 Å². The number of carbonyl (C=O) groups is 2. The molecule has 138 valence electrons. The maximum atomic E-state index is 12.1. The van der Waals surface area contributed by atoms with Crippen LogP contribution >= 0.6 is 0 Å². The van der Waals surface area contributed by atoms with E-state index in [9.17, 15) is 9.59 Å². The van der Waals surface area contributed by atoms with E-state index in [1.165, 1.54) is 5.56 Å². The van der Waals surface area contributed by atoms with Crippen molar-refractivity contribution in [3.8, 4) is 11.4 Å². The summed E-state index contributed by atoms with van der Waals surface area (Å²) < 4.78 is 5.08. The summed E-state index contributed by atoms with van der Waals surface area (Å²) in [7, 11) is 0. The smallest absolute Gasteiger partial charge is 0.338 e. The van der Waals surface area contributed by atoms with Crippen molar-refractivity contribution in [2.45, 2.75) is 19.8 Å². The number of carbonyl (C=O) groups excluding carboxylic acids is 2. The highest BCUT2D eigenvalue weighted by molar-refractivity contribution is 5.95. The highest BCUT2D eigenvalue weighted by Gasteiger charge is 2.11. The van der Waals surface area contributed by atoms with Gasteiger partial charge < -0.3 is 15.0 Å². The first kappa shape index (κ1) is 18.4. The summed E-state index contributed by atoms with van der Waals surface area (Å²) >= 11 is 0. The molecule has 0 bridgehead atoms. The van der Waals surface area contributed by atoms with Gasteiger partial charge in [-0.15, -0.1) is 0 Å². The molecule has 0 aliphatic rings. The first-order valence-corrected chi connectivity index (χ1v) is 8.69. The molecule has 1 amide bonds. The molecule has 3 rings (SSSR count). The van der Waals surface area contributed by atoms with Gasteiger partial charge in [-0.05, 0) is 35.7 Å². The van der Waals surface area contributed by atoms with E-state index in [-0.39, 0.29) is 12.5 Å². The molecule has 6 heteroatoms. The Morgan fingerprint density at radius 1 is 1.07 bits per heavy atom. The average molecular weight is 363 g/mol. The Balaban J connectivity index is 1.51. The van der Waals surface area contributed by atoms with Crippen LogP contribution in [-0.2, 0) is 9.53 Å². The summed E-state index contributed by atoms with van der Waals surface area (Å²) in [5, 5.41) is 2.71. The maximum Gasteiger partial charge on any atom is 0.338 e. The largest absolute Gasteiger partial charge is 0.452 e. The van der Waals surface area contributed by atoms with E-state index >= 15 is 0 Å². The molecule has 6 nitrogen and oxygen atoms in total. The fourth-order valence-corrected chi connectivity index (χ4v) is 2.55. The number of aromatic nitrogens is 2. The molecule has 0 atom stereocenters. The Morgan fingerprint density at radius 3 is 2.37 bits per heavy atom. The van der Waals surface area contributed by atoms with Gasteiger partial charge >= 0.3 is 5.97 Å². The van der Waals surface area contributed by atoms with E-state index in [4.69, 9.17) is 4.74 Å². The quantitative estimate of drug-likeness (QED) is 0.649. The molecular weight excluding hydrogens is 342 g/mol. The zero-order chi connectivity index (χ0) is 19.2. The van der Waals surface area contributed by atoms with E-state index in [0.717, 1.165) is 11.4 Å². The molecule has 27 heavy (non-hydrogen) atoms. The third-order valence-corrected chi connectivity index (χ3v) is 4.09. The lowest BCUT2D eigenvalue weighted by atomic mass is 10.0. The van der Waals surface area contributed by atoms with Gasteiger partial charge in [0.15, 0.2) is 6.61 Å². The molecule has 1 heterocycles. The van der Waals surface area contributed by atoms with Crippen molar-refractivity contribution < 1.29 is 14.3 Å². The van der Waals surface area contributed by atoms with Gasteiger partial charge in [0, 0.05) is 23.6 Å². The fraction of sp³-hybridized carbons (Fsp3) is 0.190. The number of nitrogens with zero attached hydrogens (tertiary/aromatic N) is 1. The van der Waals surface area contributed by atoms with Crippen molar-refractivity contribution in [1.82, 2.24) is 9.97 Å². The SMILES string of the molecule is CC(C)c1ccc(NC(=O)COC(=O)c2ccc(-c3ncc[nH]3)cc2)cc1. The number of nitrogens with one attached hydrogen (secondary N) is 2. The van der Waals surface area contributed by atoms with Crippen molar-refractivity contribution in [2.24, 2.45) is 0 Å². The lowest BCUT2D eigenvalue weighted by Gasteiger charge is -2.09. The Hall–Kier alpha value is -3.41. The van der Waals surface area contributed by atoms with Crippen LogP contribution in [0.25, 0.3) is 11.4 Å². The fourth-order valence-electron chi connectivity index (χ4n) is 2.55. The number of rotatable bonds is 6. The minimum Gasteiger partial charge on any atom is -0.452 e. The molecule has 0 aliphatic carbocycles. The lowest BCUT2D eigenvalue weighted by Crippen LogP contribution is -2.20. The Kier molecular flexibility index (Phi) is 5.66. The maximum absolute atomic E-state index is 12.1. The predicted molar refractivity (Wildman–Crippen MR) is 103 cm³/mol. The lowest BCUT2D eigenvalue weighted by molar-refractivity contribution is -0.119. The Bertz CT molecular complexity index is 899. The number of H-pyrrole nitrogens is 1. The van der Waals surface area contributed by atoms with Crippen LogP contribution < -0.4 is 5.32 Å². The monoisotopic (exact) mass is 363 g/mol. The van der Waals surface area contributed by atoms with Crippen molar-refractivity contribution >= 4 is 17.6 Å². The molecule has 0 fully saturated rings. The van der Waals surface area contributed by atoms with E-state index in [0.29, 0.717) is 17.2 Å². The molecular formula is C21H21N3O3. The van der Waals surface area contributed by atoms with Gasteiger partial charge in [0.1, 0.15) is 5.82 Å². The van der Waals surface area contributed by atoms with Gasteiger partial charge in [-0.25, -0.2) is 9.78 Å². The highest BCUT2D eigenvalue weighted by Crippen LogP contribution is 2.17. The number of amides is 1. The van der Waals surface area contributed by atoms with Gasteiger partial charge in [-0.1, -0.05) is 38.1 Å². The van der Waals surface area contributed by atoms with Crippen LogP contribution in [0.3, 0.4) is 0 Å². The molecule has 0 saturated carbocycles. The number of hydrogen-bond acceptors (Lipinski definition) is 4. The van der Waals surface area contributed by atoms with Crippen molar-refractivity contribution in [3.05, 3.63) is 72.1 Å². The normalized spacial score (nSPS) is 10.6. The van der Waals surface area contributed by atoms with Crippen LogP contribution in [0.1, 0.15) is 35.7 Å². The summed E-state index contributed by atoms with van der Waals surface area (Å²) in [6.07, 6.45) is 3.39. The van der Waals surface area contributed by atoms with Crippen LogP contribution in [0, 0.1) is 0 Å². The number of benzene rings is 2. The predicted octanol–water partition coefficient (Wildman–Crippen LogP) is 4.00. The van der Waals surface area contributed by atoms with E-state index < -0.39 is 5.97 Å². The van der Waals surface area contributed by atoms with Gasteiger partial charge in [0.2, 0.25) is 0 Å². The first-order valence-electron chi connectivity index (χ1n) is 8.69. The summed E-state index contributed by atoms with van der Waals surface area (Å²) in [5.41, 5.74) is 3.10. The van der Waals surface area contributed by atoms with E-state index in [1.807, 2.05) is 24.3 Å². The second-order valence-electron chi connectivity index (χ2n) is 6.42. The summed E-state index contributed by atoms with van der Waals surface area (Å²) in [6, 6.07) is 14.4. The van der Waals surface area contributed by atoms with Crippen molar-refractivity contribution in [2.75, 3.05) is 11.9 Å². The molecule has 2 aromatic carbocycles. The summed E-state index contributed by atoms with van der Waals surface area (Å²) in [6.45, 7) is 3.87. The molecule has 0 aliphatic heterocycles. The number of hydrogen-bond donors (Lipinski definition) is 2. The number of esters is 1. The Morgan fingerprint density at radius 2 is 1.78 bits per heavy atom. The van der Waals surface area contributed by atoms with Crippen molar-refractivity contribution in [3.63, 3.8) is 0 Å². The van der Waals surface area contributed by atoms with Gasteiger partial charge in [-0.3, -0.25) is 4.79 Å². The van der Waals surface area contributed by atoms with Crippen LogP contribution in [0.5, 0.6) is 0 Å². The number of ether oxygens (including phenoxy) is 1. The van der Waals surface area contributed by atoms with Crippen molar-refractivity contribution in [1.29, 1.82) is 0 Å². The summed E-state index contributed by atoms with van der Waals surface area (Å²) in [5.74, 6) is 0.215. The molecule has 0 saturated heterocycles. The Labute approximate surface area is 157 Å². The van der Waals surface area contributed by atoms with Crippen LogP contribution in [0.15, 0.2) is 60.9 Å². The van der Waals surface area contributed by atoms with E-state index in [2.05, 4.69) is 29.1 Å². The first-order chi connectivity index (χ1) is 13.0. The molecule has 2 N–H and O–H groups in total. The number of anilines is 1. The second-order valence-corrected chi connectivity index (χ2v) is 6.42. The molecule has 0 radical (unpaired) electrons. The van der Waals surface area contributed by atoms with Gasteiger partial charge in [-0.2, -0.15) is 0 Å². The standard InChI is InChI=1S/C21H21N3O3/c1-14(2)15-7-9-18(10-8-15)24-19(25)13-27-21(26)17-5-3-16(4-6-17)20-22-11-12-23-20/h3-12,14H,13H2,1-2H3,(H,22,23)(H,24,25). The van der Waals surface area contributed by atoms with E-state index in [1.54, 1.807) is 36.7 Å². The second kappa shape index (κ2) is 8.31. The van der Waals surface area contributed by atoms with Gasteiger partial charge in [0.25, 0.3) is 5.91 Å². The summed E-state index contributed by atoms with van der Waals surface area (Å²) in [4.78, 5) is 31.2. The highest BCUT2D eigenvalue weighted by atomic mass is 16.5. The molecule has 0 spiro atoms. The average Bonchev–Trinajstić information content (AvgIpc) is 3.21. The molecule has 1 aromatic heterocycles. The van der Waals surface area contributed by atoms with Gasteiger partial charge in [0.05, 0.1) is 5.56 Å². The zero-order valence-electron chi connectivity index (χ0n) is 15.2. The minimum absolute atomic E-state index is 0.343. The third-order valence-electron chi connectivity index (χ3n) is 4.09. The zero-order valence-corrected chi connectivity index (χ0v) is 15.2. The molecule has 3 aromatic rings. The number of imidazole rings is 1. The third kappa shape index (κ3) is 4.82.